The number of fused-ring (bicyclic) bond motifs is 3. The summed E-state index contributed by atoms with van der Waals surface area (Å²) in [4.78, 5) is 14.1. The number of benzene rings is 2. The molecule has 0 N–H and O–H groups in total. The first-order valence-corrected chi connectivity index (χ1v) is 28.1. The van der Waals surface area contributed by atoms with Gasteiger partial charge in [-0.15, -0.1) is 18.2 Å². The minimum Gasteiger partial charge on any atom is -0.486 e. The van der Waals surface area contributed by atoms with Crippen LogP contribution in [0.2, 0.25) is 17.3 Å². The number of aryl methyl sites for hydroxylation is 1. The molecule has 2 aliphatic rings. The van der Waals surface area contributed by atoms with Gasteiger partial charge in [-0.05, 0) is 55.5 Å². The van der Waals surface area contributed by atoms with Crippen molar-refractivity contribution in [2.75, 3.05) is 0 Å². The molecule has 1 radical (unpaired) electrons. The Hall–Kier alpha value is -3.12. The maximum Gasteiger partial charge on any atom is 0.216 e. The molecule has 2 aromatic carbocycles. The second kappa shape index (κ2) is 18.4. The fraction of sp³-hybridized carbons (Fsp3) is 0.449. The van der Waals surface area contributed by atoms with Crippen LogP contribution in [0, 0.1) is 30.9 Å². The number of aromatic nitrogens is 3. The van der Waals surface area contributed by atoms with E-state index in [1.165, 1.54) is 86.5 Å². The minimum absolute atomic E-state index is 0. The SMILES string of the molecule is CC(C)Cc1cc(-c2[c-]ccc(C3CCCCC3)c2)nc[c]1[Ge]([CH3])([CH3])[CH3].Cc1ccc2c(n1)oc1c(-c3cc(C(C)C4CCCCC4)ccn3)[c-]ccc12.[Ir]. The van der Waals surface area contributed by atoms with Gasteiger partial charge < -0.3 is 9.40 Å². The Morgan fingerprint density at radius 3 is 2.24 bits per heavy atom. The molecular formula is C49H59GeIrN3O-2. The molecule has 0 aliphatic heterocycles. The van der Waals surface area contributed by atoms with E-state index in [2.05, 4.69) is 115 Å². The summed E-state index contributed by atoms with van der Waals surface area (Å²) in [5, 5.41) is 2.12. The van der Waals surface area contributed by atoms with Crippen LogP contribution in [0.4, 0.5) is 0 Å². The van der Waals surface area contributed by atoms with Crippen LogP contribution in [-0.4, -0.2) is 28.2 Å². The third-order valence-electron chi connectivity index (χ3n) is 12.0. The van der Waals surface area contributed by atoms with Crippen molar-refractivity contribution in [3.63, 3.8) is 0 Å². The standard InChI is InChI=1S/C25H25N2O.C24H34GeN.Ir/c1-16-11-12-21-20-9-6-10-22(24(20)28-25(21)27-16)23-15-19(13-14-26-23)17(2)18-7-4-3-5-8-18;1-18(2)14-22-16-24(26-17-23(22)25(3,4)5)21-13-9-12-20(15-21)19-10-7-6-8-11-19;/h6,9,11-15,17-18H,3-5,7-8H2,1-2H3;9,12,15-19H,6-8,10-11,14H2,1-5H3;/q2*-1;. The maximum absolute atomic E-state index is 6.15. The Morgan fingerprint density at radius 1 is 0.782 bits per heavy atom. The summed E-state index contributed by atoms with van der Waals surface area (Å²) in [6, 6.07) is 28.5. The topological polar surface area (TPSA) is 51.8 Å². The number of hydrogen-bond donors (Lipinski definition) is 0. The molecular weight excluding hydrogens is 911 g/mol. The van der Waals surface area contributed by atoms with Gasteiger partial charge in [0.25, 0.3) is 0 Å². The second-order valence-electron chi connectivity index (χ2n) is 17.6. The average molecular weight is 971 g/mol. The fourth-order valence-electron chi connectivity index (χ4n) is 8.93. The molecule has 2 saturated carbocycles. The molecule has 2 aliphatic carbocycles. The van der Waals surface area contributed by atoms with Gasteiger partial charge in [-0.2, -0.15) is 0 Å². The number of furan rings is 1. The van der Waals surface area contributed by atoms with Crippen molar-refractivity contribution < 1.29 is 24.5 Å². The molecule has 8 rings (SSSR count). The van der Waals surface area contributed by atoms with E-state index >= 15 is 0 Å². The van der Waals surface area contributed by atoms with E-state index in [0.717, 1.165) is 57.3 Å². The number of nitrogens with zero attached hydrogens (tertiary/aromatic N) is 3. The van der Waals surface area contributed by atoms with Crippen molar-refractivity contribution in [2.24, 2.45) is 11.8 Å². The Balaban J connectivity index is 0.000000184. The van der Waals surface area contributed by atoms with Gasteiger partial charge in [0, 0.05) is 37.4 Å². The van der Waals surface area contributed by atoms with E-state index in [4.69, 9.17) is 9.40 Å². The Bertz CT molecular complexity index is 2190. The number of hydrogen-bond acceptors (Lipinski definition) is 4. The van der Waals surface area contributed by atoms with Gasteiger partial charge in [0.15, 0.2) is 0 Å². The van der Waals surface area contributed by atoms with Crippen molar-refractivity contribution in [1.82, 2.24) is 15.0 Å². The van der Waals surface area contributed by atoms with Crippen LogP contribution in [0.1, 0.15) is 119 Å². The smallest absolute Gasteiger partial charge is 0.216 e. The van der Waals surface area contributed by atoms with E-state index in [-0.39, 0.29) is 20.1 Å². The first kappa shape index (κ1) is 41.5. The summed E-state index contributed by atoms with van der Waals surface area (Å²) in [7, 11) is 0. The van der Waals surface area contributed by atoms with Crippen LogP contribution in [0.5, 0.6) is 0 Å². The molecule has 0 spiro atoms. The summed E-state index contributed by atoms with van der Waals surface area (Å²) >= 11 is -1.91. The molecule has 1 atom stereocenters. The van der Waals surface area contributed by atoms with Gasteiger partial charge in [0.2, 0.25) is 5.71 Å². The third kappa shape index (κ3) is 9.89. The summed E-state index contributed by atoms with van der Waals surface area (Å²) in [6.45, 7) is 8.98. The van der Waals surface area contributed by atoms with Crippen molar-refractivity contribution >= 4 is 39.7 Å². The predicted molar refractivity (Wildman–Crippen MR) is 229 cm³/mol. The molecule has 55 heavy (non-hydrogen) atoms. The second-order valence-corrected chi connectivity index (χ2v) is 28.2. The van der Waals surface area contributed by atoms with E-state index < -0.39 is 13.3 Å². The van der Waals surface area contributed by atoms with Crippen LogP contribution < -0.4 is 4.40 Å². The Kier molecular flexibility index (Phi) is 13.9. The molecule has 4 nitrogen and oxygen atoms in total. The molecule has 0 amide bonds. The molecule has 0 bridgehead atoms. The largest absolute Gasteiger partial charge is 0.486 e. The van der Waals surface area contributed by atoms with Gasteiger partial charge in [0.05, 0.1) is 5.58 Å². The monoisotopic (exact) mass is 972 g/mol. The van der Waals surface area contributed by atoms with Gasteiger partial charge in [0.1, 0.15) is 0 Å². The predicted octanol–water partition coefficient (Wildman–Crippen LogP) is 13.2. The zero-order valence-electron chi connectivity index (χ0n) is 34.1. The van der Waals surface area contributed by atoms with Crippen molar-refractivity contribution in [3.05, 3.63) is 108 Å². The average Bonchev–Trinajstić information content (AvgIpc) is 3.56. The molecule has 4 aromatic heterocycles. The summed E-state index contributed by atoms with van der Waals surface area (Å²) in [6.07, 6.45) is 18.9. The molecule has 2 fully saturated rings. The third-order valence-corrected chi connectivity index (χ3v) is 16.3. The molecule has 4 heterocycles. The van der Waals surface area contributed by atoms with Gasteiger partial charge >= 0.3 is 163 Å². The zero-order chi connectivity index (χ0) is 37.8. The van der Waals surface area contributed by atoms with Gasteiger partial charge in [-0.1, -0.05) is 48.8 Å². The molecule has 6 heteroatoms. The van der Waals surface area contributed by atoms with Crippen molar-refractivity contribution in [3.8, 4) is 22.5 Å². The minimum atomic E-state index is -1.91. The summed E-state index contributed by atoms with van der Waals surface area (Å²) < 4.78 is 7.71. The van der Waals surface area contributed by atoms with Crippen LogP contribution in [-0.2, 0) is 26.5 Å². The zero-order valence-corrected chi connectivity index (χ0v) is 38.6. The van der Waals surface area contributed by atoms with Crippen LogP contribution in [0.3, 0.4) is 0 Å². The normalized spacial score (nSPS) is 16.1. The van der Waals surface area contributed by atoms with Crippen molar-refractivity contribution in [2.45, 2.75) is 127 Å². The number of rotatable bonds is 8. The van der Waals surface area contributed by atoms with Gasteiger partial charge in [-0.25, -0.2) is 4.98 Å². The van der Waals surface area contributed by atoms with Crippen LogP contribution in [0.15, 0.2) is 77.5 Å². The summed E-state index contributed by atoms with van der Waals surface area (Å²) in [5.74, 6) is 10.1. The van der Waals surface area contributed by atoms with Crippen LogP contribution >= 0.6 is 0 Å². The fourth-order valence-corrected chi connectivity index (χ4v) is 12.3. The molecule has 6 aromatic rings. The maximum atomic E-state index is 6.15. The van der Waals surface area contributed by atoms with Crippen molar-refractivity contribution in [1.29, 1.82) is 0 Å². The quantitative estimate of drug-likeness (QED) is 0.113. The number of pyridine rings is 3. The first-order chi connectivity index (χ1) is 26.0. The Morgan fingerprint density at radius 2 is 1.51 bits per heavy atom. The van der Waals surface area contributed by atoms with E-state index in [1.54, 1.807) is 4.40 Å². The van der Waals surface area contributed by atoms with E-state index in [0.29, 0.717) is 17.5 Å². The molecule has 291 valence electrons. The first-order valence-electron chi connectivity index (χ1n) is 20.7. The summed E-state index contributed by atoms with van der Waals surface area (Å²) in [5.41, 5.74) is 11.0. The Labute approximate surface area is 346 Å². The molecule has 1 unspecified atom stereocenters. The van der Waals surface area contributed by atoms with Gasteiger partial charge in [-0.3, -0.25) is 0 Å². The van der Waals surface area contributed by atoms with E-state index in [9.17, 15) is 0 Å². The van der Waals surface area contributed by atoms with E-state index in [1.807, 2.05) is 25.3 Å². The molecule has 0 saturated heterocycles. The van der Waals surface area contributed by atoms with Crippen LogP contribution in [0.25, 0.3) is 44.6 Å².